The second-order valence-corrected chi connectivity index (χ2v) is 6.67. The van der Waals surface area contributed by atoms with Gasteiger partial charge in [0, 0.05) is 13.2 Å². The molecule has 0 spiro atoms. The molecule has 0 aliphatic carbocycles. The Bertz CT molecular complexity index is 938. The van der Waals surface area contributed by atoms with Crippen molar-refractivity contribution in [2.24, 2.45) is 5.10 Å². The molecule has 0 atom stereocenters. The Morgan fingerprint density at radius 2 is 2.12 bits per heavy atom. The molecule has 2 rings (SSSR count). The monoisotopic (exact) mass is 368 g/mol. The Balaban J connectivity index is 2.76. The first-order chi connectivity index (χ1) is 11.8. The van der Waals surface area contributed by atoms with Crippen LogP contribution in [0.4, 0.5) is 4.79 Å². The molecule has 0 unspecified atom stereocenters. The molecule has 0 bridgehead atoms. The summed E-state index contributed by atoms with van der Waals surface area (Å²) in [5.41, 5.74) is 1.80. The van der Waals surface area contributed by atoms with Crippen molar-refractivity contribution in [2.45, 2.75) is 33.4 Å². The number of ether oxygens (including phenoxy) is 1. The Labute approximate surface area is 147 Å². The van der Waals surface area contributed by atoms with Gasteiger partial charge in [-0.3, -0.25) is 13.9 Å². The van der Waals surface area contributed by atoms with Crippen molar-refractivity contribution in [2.75, 3.05) is 13.7 Å². The number of methoxy groups -OCH3 is 1. The van der Waals surface area contributed by atoms with Gasteiger partial charge in [-0.1, -0.05) is 0 Å². The van der Waals surface area contributed by atoms with E-state index in [2.05, 4.69) is 5.10 Å². The van der Waals surface area contributed by atoms with Gasteiger partial charge in [-0.2, -0.15) is 5.10 Å². The van der Waals surface area contributed by atoms with E-state index < -0.39 is 11.8 Å². The maximum Gasteiger partial charge on any atom is 0.425 e. The molecule has 2 aromatic rings. The molecule has 0 fully saturated rings. The molecular weight excluding hydrogens is 348 g/mol. The van der Waals surface area contributed by atoms with Crippen LogP contribution in [0.5, 0.6) is 0 Å². The highest BCUT2D eigenvalue weighted by atomic mass is 32.1. The molecule has 2 aromatic heterocycles. The fourth-order valence-corrected chi connectivity index (χ4v) is 3.68. The Morgan fingerprint density at radius 3 is 2.68 bits per heavy atom. The first-order valence-electron chi connectivity index (χ1n) is 7.59. The van der Waals surface area contributed by atoms with Gasteiger partial charge in [-0.25, -0.2) is 15.0 Å². The van der Waals surface area contributed by atoms with E-state index in [0.717, 1.165) is 0 Å². The normalized spacial score (nSPS) is 11.7. The van der Waals surface area contributed by atoms with Crippen molar-refractivity contribution in [1.29, 1.82) is 0 Å². The van der Waals surface area contributed by atoms with Crippen LogP contribution in [0.2, 0.25) is 0 Å². The molecule has 136 valence electrons. The highest BCUT2D eigenvalue weighted by molar-refractivity contribution is 7.20. The van der Waals surface area contributed by atoms with Crippen LogP contribution in [0.3, 0.4) is 0 Å². The molecule has 2 N–H and O–H groups in total. The summed E-state index contributed by atoms with van der Waals surface area (Å²) in [5, 5.41) is 12.6. The smallest absolute Gasteiger partial charge is 0.425 e. The topological polar surface area (TPSA) is 115 Å². The summed E-state index contributed by atoms with van der Waals surface area (Å²) in [7, 11) is 1.54. The third-order valence-electron chi connectivity index (χ3n) is 3.66. The molecule has 0 saturated carbocycles. The Morgan fingerprint density at radius 1 is 1.44 bits per heavy atom. The zero-order valence-electron chi connectivity index (χ0n) is 14.4. The lowest BCUT2D eigenvalue weighted by atomic mass is 10.2. The number of nitrogens with zero attached hydrogens (tertiary/aromatic N) is 3. The number of carboxylic acid groups (broad SMARTS) is 1. The van der Waals surface area contributed by atoms with Gasteiger partial charge in [0.1, 0.15) is 4.83 Å². The van der Waals surface area contributed by atoms with E-state index in [-0.39, 0.29) is 11.6 Å². The molecular formula is C15H20N4O5S. The van der Waals surface area contributed by atoms with Crippen molar-refractivity contribution < 1.29 is 14.6 Å². The number of hydrogen-bond donors (Lipinski definition) is 2. The van der Waals surface area contributed by atoms with E-state index in [1.165, 1.54) is 33.8 Å². The molecule has 10 heteroatoms. The lowest BCUT2D eigenvalue weighted by Gasteiger charge is -2.14. The summed E-state index contributed by atoms with van der Waals surface area (Å²) >= 11 is 1.21. The van der Waals surface area contributed by atoms with Crippen LogP contribution in [0.25, 0.3) is 10.2 Å². The Hall–Kier alpha value is -2.46. The van der Waals surface area contributed by atoms with E-state index >= 15 is 0 Å². The zero-order valence-corrected chi connectivity index (χ0v) is 15.2. The molecule has 1 amide bonds. The van der Waals surface area contributed by atoms with Crippen molar-refractivity contribution in [3.8, 4) is 0 Å². The summed E-state index contributed by atoms with van der Waals surface area (Å²) in [6, 6.07) is -0.289. The summed E-state index contributed by atoms with van der Waals surface area (Å²) in [5.74, 6) is 0. The summed E-state index contributed by atoms with van der Waals surface area (Å²) in [4.78, 5) is 37.2. The number of aryl methyl sites for hydroxylation is 1. The molecule has 0 aromatic carbocycles. The van der Waals surface area contributed by atoms with E-state index in [1.54, 1.807) is 20.8 Å². The first kappa shape index (κ1) is 18.9. The molecule has 0 saturated heterocycles. The molecule has 0 aliphatic rings. The number of fused-ring (bicyclic) bond motifs is 1. The van der Waals surface area contributed by atoms with Gasteiger partial charge >= 0.3 is 11.8 Å². The summed E-state index contributed by atoms with van der Waals surface area (Å²) in [6.07, 6.45) is 0.0486. The van der Waals surface area contributed by atoms with Gasteiger partial charge in [-0.15, -0.1) is 11.3 Å². The highest BCUT2D eigenvalue weighted by Gasteiger charge is 2.20. The van der Waals surface area contributed by atoms with E-state index in [4.69, 9.17) is 9.84 Å². The number of aromatic nitrogens is 2. The third kappa shape index (κ3) is 3.64. The predicted octanol–water partition coefficient (Wildman–Crippen LogP) is 1.36. The van der Waals surface area contributed by atoms with Crippen LogP contribution in [-0.4, -0.2) is 40.3 Å². The average molecular weight is 368 g/mol. The van der Waals surface area contributed by atoms with Crippen LogP contribution < -0.4 is 16.7 Å². The van der Waals surface area contributed by atoms with Crippen LogP contribution in [0, 0.1) is 6.92 Å². The van der Waals surface area contributed by atoms with Gasteiger partial charge in [0.05, 0.1) is 29.6 Å². The number of amides is 1. The van der Waals surface area contributed by atoms with E-state index in [9.17, 15) is 14.4 Å². The number of thiophene rings is 1. The lowest BCUT2D eigenvalue weighted by Crippen LogP contribution is -2.41. The fraction of sp³-hybridized carbons (Fsp3) is 0.467. The molecule has 9 nitrogen and oxygen atoms in total. The SMILES string of the molecule is COCCn1c(=O)n(C(C)C)c(=O)c2c(C)c(C=NNC(=O)O)sc21. The van der Waals surface area contributed by atoms with Gasteiger partial charge < -0.3 is 9.84 Å². The zero-order chi connectivity index (χ0) is 18.7. The summed E-state index contributed by atoms with van der Waals surface area (Å²) < 4.78 is 7.79. The molecule has 0 radical (unpaired) electrons. The molecule has 0 aliphatic heterocycles. The largest absolute Gasteiger partial charge is 0.464 e. The number of hydrogen-bond acceptors (Lipinski definition) is 6. The predicted molar refractivity (Wildman–Crippen MR) is 96.1 cm³/mol. The fourth-order valence-electron chi connectivity index (χ4n) is 2.49. The van der Waals surface area contributed by atoms with Crippen molar-refractivity contribution >= 4 is 33.9 Å². The number of rotatable bonds is 6. The second-order valence-electron chi connectivity index (χ2n) is 5.64. The third-order valence-corrected chi connectivity index (χ3v) is 4.91. The maximum atomic E-state index is 12.8. The maximum absolute atomic E-state index is 12.8. The lowest BCUT2D eigenvalue weighted by molar-refractivity contribution is 0.186. The Kier molecular flexibility index (Phi) is 5.75. The number of carbonyl (C=O) groups is 1. The van der Waals surface area contributed by atoms with Crippen LogP contribution in [0.15, 0.2) is 14.7 Å². The standard InChI is InChI=1S/C15H20N4O5S/c1-8(2)19-12(20)11-9(3)10(7-16-17-14(21)22)25-13(11)18(15(19)23)5-6-24-4/h7-8,17H,5-6H2,1-4H3,(H,21,22). The summed E-state index contributed by atoms with van der Waals surface area (Å²) in [6.45, 7) is 5.93. The highest BCUT2D eigenvalue weighted by Crippen LogP contribution is 2.26. The quantitative estimate of drug-likeness (QED) is 0.590. The minimum atomic E-state index is -1.28. The van der Waals surface area contributed by atoms with Gasteiger partial charge in [0.2, 0.25) is 0 Å². The van der Waals surface area contributed by atoms with E-state index in [1.807, 2.05) is 5.43 Å². The second kappa shape index (κ2) is 7.62. The van der Waals surface area contributed by atoms with Crippen molar-refractivity contribution in [1.82, 2.24) is 14.6 Å². The minimum absolute atomic E-state index is 0.289. The van der Waals surface area contributed by atoms with Crippen LogP contribution in [0.1, 0.15) is 30.3 Å². The minimum Gasteiger partial charge on any atom is -0.464 e. The number of hydrazone groups is 1. The van der Waals surface area contributed by atoms with Crippen molar-refractivity contribution in [3.05, 3.63) is 31.3 Å². The first-order valence-corrected chi connectivity index (χ1v) is 8.40. The average Bonchev–Trinajstić information content (AvgIpc) is 2.84. The van der Waals surface area contributed by atoms with Crippen molar-refractivity contribution in [3.63, 3.8) is 0 Å². The number of nitrogens with one attached hydrogen (secondary N) is 1. The van der Waals surface area contributed by atoms with Crippen LogP contribution in [-0.2, 0) is 11.3 Å². The van der Waals surface area contributed by atoms with Gasteiger partial charge in [0.25, 0.3) is 5.56 Å². The molecule has 2 heterocycles. The van der Waals surface area contributed by atoms with Gasteiger partial charge in [0.15, 0.2) is 0 Å². The van der Waals surface area contributed by atoms with E-state index in [0.29, 0.717) is 33.8 Å². The van der Waals surface area contributed by atoms with Gasteiger partial charge in [-0.05, 0) is 26.3 Å². The molecule has 25 heavy (non-hydrogen) atoms. The van der Waals surface area contributed by atoms with Crippen LogP contribution >= 0.6 is 11.3 Å².